The van der Waals surface area contributed by atoms with E-state index in [2.05, 4.69) is 26.8 Å². The molecule has 0 aromatic rings. The van der Waals surface area contributed by atoms with Crippen molar-refractivity contribution >= 4 is 17.9 Å². The molecular weight excluding hydrogens is 408 g/mol. The molecule has 178 valence electrons. The molecular formula is C26H38O6. The average molecular weight is 447 g/mol. The van der Waals surface area contributed by atoms with Crippen molar-refractivity contribution in [3.8, 4) is 0 Å². The summed E-state index contributed by atoms with van der Waals surface area (Å²) < 4.78 is 17.3. The van der Waals surface area contributed by atoms with Gasteiger partial charge in [-0.3, -0.25) is 14.4 Å². The maximum absolute atomic E-state index is 12.2. The van der Waals surface area contributed by atoms with Crippen LogP contribution in [0.15, 0.2) is 11.8 Å². The number of esters is 3. The quantitative estimate of drug-likeness (QED) is 0.451. The zero-order valence-corrected chi connectivity index (χ0v) is 20.4. The molecule has 0 spiro atoms. The molecule has 4 rings (SSSR count). The van der Waals surface area contributed by atoms with E-state index >= 15 is 0 Å². The highest BCUT2D eigenvalue weighted by atomic mass is 16.6. The number of carbonyl (C=O) groups is 3. The molecule has 8 atom stereocenters. The Morgan fingerprint density at radius 1 is 0.906 bits per heavy atom. The molecule has 32 heavy (non-hydrogen) atoms. The van der Waals surface area contributed by atoms with Crippen LogP contribution in [0.5, 0.6) is 0 Å². The van der Waals surface area contributed by atoms with Crippen molar-refractivity contribution in [2.45, 2.75) is 98.7 Å². The SMILES string of the molecule is CC(=O)OC1=CCC2C3CC[C@@]4(C)CC(OC(C)=O)CCC4(C)C3C(OC(C)=O)CC12C. The fourth-order valence-corrected chi connectivity index (χ4v) is 8.16. The van der Waals surface area contributed by atoms with Crippen molar-refractivity contribution in [1.29, 1.82) is 0 Å². The van der Waals surface area contributed by atoms with Crippen LogP contribution in [0.3, 0.4) is 0 Å². The van der Waals surface area contributed by atoms with Gasteiger partial charge in [-0.05, 0) is 73.7 Å². The molecule has 0 bridgehead atoms. The van der Waals surface area contributed by atoms with Crippen LogP contribution in [0, 0.1) is 34.0 Å². The summed E-state index contributed by atoms with van der Waals surface area (Å²) in [5.74, 6) is 1.01. The monoisotopic (exact) mass is 446 g/mol. The van der Waals surface area contributed by atoms with Gasteiger partial charge in [-0.15, -0.1) is 0 Å². The lowest BCUT2D eigenvalue weighted by atomic mass is 9.40. The summed E-state index contributed by atoms with van der Waals surface area (Å²) in [5, 5.41) is 0. The van der Waals surface area contributed by atoms with Crippen molar-refractivity contribution in [2.75, 3.05) is 0 Å². The van der Waals surface area contributed by atoms with Gasteiger partial charge in [0.15, 0.2) is 0 Å². The van der Waals surface area contributed by atoms with Crippen molar-refractivity contribution in [1.82, 2.24) is 0 Å². The lowest BCUT2D eigenvalue weighted by Gasteiger charge is -2.66. The van der Waals surface area contributed by atoms with Gasteiger partial charge in [0.2, 0.25) is 0 Å². The van der Waals surface area contributed by atoms with E-state index < -0.39 is 0 Å². The number of fused-ring (bicyclic) bond motifs is 5. The molecule has 6 nitrogen and oxygen atoms in total. The van der Waals surface area contributed by atoms with Gasteiger partial charge in [0, 0.05) is 32.1 Å². The first-order chi connectivity index (χ1) is 14.9. The third kappa shape index (κ3) is 3.58. The zero-order valence-electron chi connectivity index (χ0n) is 20.4. The highest BCUT2D eigenvalue weighted by Gasteiger charge is 2.66. The zero-order chi connectivity index (χ0) is 23.5. The average Bonchev–Trinajstić information content (AvgIpc) is 2.97. The highest BCUT2D eigenvalue weighted by Crippen LogP contribution is 2.70. The molecule has 3 fully saturated rings. The molecule has 0 N–H and O–H groups in total. The molecule has 0 saturated heterocycles. The smallest absolute Gasteiger partial charge is 0.307 e. The van der Waals surface area contributed by atoms with Crippen LogP contribution in [0.2, 0.25) is 0 Å². The van der Waals surface area contributed by atoms with Gasteiger partial charge in [0.25, 0.3) is 0 Å². The van der Waals surface area contributed by atoms with E-state index in [4.69, 9.17) is 14.2 Å². The van der Waals surface area contributed by atoms with Crippen LogP contribution in [-0.4, -0.2) is 30.1 Å². The normalized spacial score (nSPS) is 44.9. The van der Waals surface area contributed by atoms with Gasteiger partial charge in [-0.1, -0.05) is 20.8 Å². The Balaban J connectivity index is 1.69. The molecule has 0 heterocycles. The van der Waals surface area contributed by atoms with Crippen molar-refractivity contribution in [3.05, 3.63) is 11.8 Å². The third-order valence-electron chi connectivity index (χ3n) is 9.65. The van der Waals surface area contributed by atoms with Crippen LogP contribution < -0.4 is 0 Å². The second-order valence-corrected chi connectivity index (χ2v) is 11.5. The van der Waals surface area contributed by atoms with E-state index in [1.54, 1.807) is 0 Å². The summed E-state index contributed by atoms with van der Waals surface area (Å²) in [4.78, 5) is 35.5. The molecule has 4 aliphatic rings. The molecule has 0 aromatic heterocycles. The Morgan fingerprint density at radius 3 is 2.22 bits per heavy atom. The van der Waals surface area contributed by atoms with E-state index in [1.807, 2.05) is 0 Å². The van der Waals surface area contributed by atoms with Crippen molar-refractivity contribution in [2.24, 2.45) is 34.0 Å². The fraction of sp³-hybridized carbons (Fsp3) is 0.808. The van der Waals surface area contributed by atoms with Gasteiger partial charge in [-0.25, -0.2) is 0 Å². The van der Waals surface area contributed by atoms with Crippen LogP contribution >= 0.6 is 0 Å². The Kier molecular flexibility index (Phi) is 5.74. The minimum atomic E-state index is -0.300. The summed E-state index contributed by atoms with van der Waals surface area (Å²) in [7, 11) is 0. The highest BCUT2D eigenvalue weighted by molar-refractivity contribution is 5.68. The molecule has 7 unspecified atom stereocenters. The van der Waals surface area contributed by atoms with Gasteiger partial charge in [0.1, 0.15) is 18.0 Å². The standard InChI is InChI=1S/C26H38O6/c1-15(27)30-18-9-12-26(6)23-19(10-11-24(26,4)13-18)20-7-8-22(32-17(3)29)25(20,5)14-21(23)31-16(2)28/h8,18-21,23H,7,9-14H2,1-6H3/t18?,19?,20?,21?,23?,24-,25?,26?/m0/s1. The first kappa shape index (κ1) is 23.3. The van der Waals surface area contributed by atoms with Gasteiger partial charge >= 0.3 is 17.9 Å². The number of rotatable bonds is 3. The Morgan fingerprint density at radius 2 is 1.59 bits per heavy atom. The lowest BCUT2D eigenvalue weighted by Crippen LogP contribution is -2.63. The summed E-state index contributed by atoms with van der Waals surface area (Å²) in [6.07, 6.45) is 8.18. The van der Waals surface area contributed by atoms with Gasteiger partial charge < -0.3 is 14.2 Å². The van der Waals surface area contributed by atoms with Crippen LogP contribution in [-0.2, 0) is 28.6 Å². The first-order valence-corrected chi connectivity index (χ1v) is 12.1. The summed E-state index contributed by atoms with van der Waals surface area (Å²) >= 11 is 0. The molecule has 3 saturated carbocycles. The maximum Gasteiger partial charge on any atom is 0.307 e. The number of hydrogen-bond acceptors (Lipinski definition) is 6. The maximum atomic E-state index is 12.2. The third-order valence-corrected chi connectivity index (χ3v) is 9.65. The topological polar surface area (TPSA) is 78.9 Å². The molecule has 6 heteroatoms. The first-order valence-electron chi connectivity index (χ1n) is 12.1. The van der Waals surface area contributed by atoms with Gasteiger partial charge in [0.05, 0.1) is 0 Å². The van der Waals surface area contributed by atoms with Crippen LogP contribution in [0.25, 0.3) is 0 Å². The number of allylic oxidation sites excluding steroid dienone is 2. The summed E-state index contributed by atoms with van der Waals surface area (Å²) in [5.41, 5.74) is -0.298. The largest absolute Gasteiger partial charge is 0.463 e. The van der Waals surface area contributed by atoms with Gasteiger partial charge in [-0.2, -0.15) is 0 Å². The predicted molar refractivity (Wildman–Crippen MR) is 118 cm³/mol. The Labute approximate surface area is 191 Å². The molecule has 0 radical (unpaired) electrons. The van der Waals surface area contributed by atoms with E-state index in [1.165, 1.54) is 20.8 Å². The molecule has 4 aliphatic carbocycles. The second-order valence-electron chi connectivity index (χ2n) is 11.5. The molecule has 0 amide bonds. The van der Waals surface area contributed by atoms with Crippen molar-refractivity contribution < 1.29 is 28.6 Å². The second kappa shape index (κ2) is 7.88. The Bertz CT molecular complexity index is 847. The van der Waals surface area contributed by atoms with Crippen LogP contribution in [0.4, 0.5) is 0 Å². The van der Waals surface area contributed by atoms with E-state index in [-0.39, 0.29) is 52.3 Å². The Hall–Kier alpha value is -1.85. The van der Waals surface area contributed by atoms with Crippen molar-refractivity contribution in [3.63, 3.8) is 0 Å². The lowest BCUT2D eigenvalue weighted by molar-refractivity contribution is -0.219. The van der Waals surface area contributed by atoms with E-state index in [0.717, 1.165) is 44.3 Å². The number of hydrogen-bond donors (Lipinski definition) is 0. The van der Waals surface area contributed by atoms with E-state index in [0.29, 0.717) is 18.3 Å². The molecule has 0 aromatic carbocycles. The summed E-state index contributed by atoms with van der Waals surface area (Å²) in [6.45, 7) is 11.3. The summed E-state index contributed by atoms with van der Waals surface area (Å²) in [6, 6.07) is 0. The fourth-order valence-electron chi connectivity index (χ4n) is 8.16. The van der Waals surface area contributed by atoms with Crippen LogP contribution in [0.1, 0.15) is 86.5 Å². The van der Waals surface area contributed by atoms with E-state index in [9.17, 15) is 14.4 Å². The predicted octanol–water partition coefficient (Wildman–Crippen LogP) is 4.95. The molecule has 0 aliphatic heterocycles. The minimum Gasteiger partial charge on any atom is -0.463 e. The number of ether oxygens (including phenoxy) is 3. The number of carbonyl (C=O) groups excluding carboxylic acids is 3. The minimum absolute atomic E-state index is 0.0157.